The second-order valence-corrected chi connectivity index (χ2v) is 4.52. The van der Waals surface area contributed by atoms with Gasteiger partial charge < -0.3 is 10.1 Å². The molecule has 96 valence electrons. The van der Waals surface area contributed by atoms with Crippen LogP contribution in [0.1, 0.15) is 31.2 Å². The van der Waals surface area contributed by atoms with E-state index >= 15 is 0 Å². The fourth-order valence-corrected chi connectivity index (χ4v) is 2.02. The summed E-state index contributed by atoms with van der Waals surface area (Å²) in [6, 6.07) is 8.61. The van der Waals surface area contributed by atoms with Crippen molar-refractivity contribution in [3.63, 3.8) is 0 Å². The Morgan fingerprint density at radius 1 is 1.17 bits per heavy atom. The Labute approximate surface area is 108 Å². The number of aromatic amines is 1. The van der Waals surface area contributed by atoms with Crippen molar-refractivity contribution in [3.05, 3.63) is 41.9 Å². The number of hydrogen-bond acceptors (Lipinski definition) is 2. The number of hydrogen-bond donors (Lipinski definition) is 2. The zero-order valence-electron chi connectivity index (χ0n) is 10.8. The number of benzene rings is 1. The Morgan fingerprint density at radius 2 is 1.94 bits per heavy atom. The Kier molecular flexibility index (Phi) is 4.53. The second-order valence-electron chi connectivity index (χ2n) is 4.52. The van der Waals surface area contributed by atoms with E-state index in [9.17, 15) is 0 Å². The van der Waals surface area contributed by atoms with Gasteiger partial charge in [0.1, 0.15) is 5.82 Å². The highest BCUT2D eigenvalue weighted by molar-refractivity contribution is 5.58. The van der Waals surface area contributed by atoms with Crippen molar-refractivity contribution in [1.82, 2.24) is 9.97 Å². The number of rotatable bonds is 6. The van der Waals surface area contributed by atoms with Crippen molar-refractivity contribution in [2.45, 2.75) is 32.6 Å². The predicted molar refractivity (Wildman–Crippen MR) is 73.4 cm³/mol. The molecule has 0 spiro atoms. The maximum absolute atomic E-state index is 8.79. The minimum atomic E-state index is 0.210. The standard InChI is InChI=1S/C15H20N2O/c1-2-4-12-6-8-13(9-7-12)14-11-16-15(17-14)5-3-10-18/h6-9,11,18H,2-5,10H2,1H3,(H,16,17). The average Bonchev–Trinajstić information content (AvgIpc) is 2.86. The molecule has 0 aliphatic rings. The van der Waals surface area contributed by atoms with Crippen molar-refractivity contribution in [1.29, 1.82) is 0 Å². The third kappa shape index (κ3) is 3.20. The number of nitrogens with zero attached hydrogens (tertiary/aromatic N) is 1. The zero-order chi connectivity index (χ0) is 12.8. The number of imidazole rings is 1. The normalized spacial score (nSPS) is 10.8. The Hall–Kier alpha value is -1.61. The highest BCUT2D eigenvalue weighted by Crippen LogP contribution is 2.18. The molecule has 2 rings (SSSR count). The van der Waals surface area contributed by atoms with E-state index in [-0.39, 0.29) is 6.61 Å². The first-order chi connectivity index (χ1) is 8.83. The van der Waals surface area contributed by atoms with Gasteiger partial charge in [-0.05, 0) is 24.0 Å². The summed E-state index contributed by atoms with van der Waals surface area (Å²) < 4.78 is 0. The molecule has 2 aromatic rings. The molecule has 1 heterocycles. The number of aromatic nitrogens is 2. The van der Waals surface area contributed by atoms with Gasteiger partial charge in [0.25, 0.3) is 0 Å². The van der Waals surface area contributed by atoms with E-state index in [1.807, 2.05) is 6.20 Å². The van der Waals surface area contributed by atoms with E-state index in [1.54, 1.807) is 0 Å². The van der Waals surface area contributed by atoms with Crippen LogP contribution in [0.3, 0.4) is 0 Å². The van der Waals surface area contributed by atoms with Gasteiger partial charge >= 0.3 is 0 Å². The van der Waals surface area contributed by atoms with E-state index < -0.39 is 0 Å². The molecule has 0 radical (unpaired) electrons. The summed E-state index contributed by atoms with van der Waals surface area (Å²) in [6.45, 7) is 2.40. The first-order valence-electron chi connectivity index (χ1n) is 6.57. The van der Waals surface area contributed by atoms with Gasteiger partial charge in [0, 0.05) is 13.0 Å². The molecule has 0 aliphatic carbocycles. The van der Waals surface area contributed by atoms with E-state index in [4.69, 9.17) is 5.11 Å². The summed E-state index contributed by atoms with van der Waals surface area (Å²) in [7, 11) is 0. The summed E-state index contributed by atoms with van der Waals surface area (Å²) in [6.07, 6.45) is 5.72. The van der Waals surface area contributed by atoms with Gasteiger partial charge in [-0.3, -0.25) is 0 Å². The summed E-state index contributed by atoms with van der Waals surface area (Å²) in [5, 5.41) is 8.79. The van der Waals surface area contributed by atoms with Crippen LogP contribution >= 0.6 is 0 Å². The largest absolute Gasteiger partial charge is 0.396 e. The molecule has 2 N–H and O–H groups in total. The van der Waals surface area contributed by atoms with Crippen LogP contribution in [0.2, 0.25) is 0 Å². The summed E-state index contributed by atoms with van der Waals surface area (Å²) >= 11 is 0. The lowest BCUT2D eigenvalue weighted by atomic mass is 10.1. The molecule has 0 saturated heterocycles. The number of aliphatic hydroxyl groups is 1. The molecule has 0 aliphatic heterocycles. The van der Waals surface area contributed by atoms with Gasteiger partial charge in [-0.25, -0.2) is 4.98 Å². The van der Waals surface area contributed by atoms with Crippen LogP contribution in [0.4, 0.5) is 0 Å². The molecule has 0 bridgehead atoms. The highest BCUT2D eigenvalue weighted by Gasteiger charge is 2.03. The molecular weight excluding hydrogens is 224 g/mol. The Balaban J connectivity index is 2.08. The lowest BCUT2D eigenvalue weighted by Gasteiger charge is -2.01. The third-order valence-corrected chi connectivity index (χ3v) is 3.00. The SMILES string of the molecule is CCCc1ccc(-c2cnc(CCCO)[nH]2)cc1. The smallest absolute Gasteiger partial charge is 0.106 e. The molecule has 1 aromatic heterocycles. The fraction of sp³-hybridized carbons (Fsp3) is 0.400. The van der Waals surface area contributed by atoms with Crippen LogP contribution < -0.4 is 0 Å². The molecular formula is C15H20N2O. The van der Waals surface area contributed by atoms with Gasteiger partial charge in [0.05, 0.1) is 11.9 Å². The molecule has 3 heteroatoms. The number of aliphatic hydroxyl groups excluding tert-OH is 1. The van der Waals surface area contributed by atoms with Gasteiger partial charge in [0.2, 0.25) is 0 Å². The molecule has 0 saturated carbocycles. The van der Waals surface area contributed by atoms with Crippen molar-refractivity contribution < 1.29 is 5.11 Å². The molecule has 0 amide bonds. The first-order valence-corrected chi connectivity index (χ1v) is 6.57. The van der Waals surface area contributed by atoms with Crippen molar-refractivity contribution in [2.24, 2.45) is 0 Å². The maximum atomic E-state index is 8.79. The quantitative estimate of drug-likeness (QED) is 0.820. The van der Waals surface area contributed by atoms with E-state index in [1.165, 1.54) is 12.0 Å². The van der Waals surface area contributed by atoms with E-state index in [0.717, 1.165) is 36.3 Å². The molecule has 0 fully saturated rings. The molecule has 3 nitrogen and oxygen atoms in total. The van der Waals surface area contributed by atoms with Crippen LogP contribution in [0.5, 0.6) is 0 Å². The topological polar surface area (TPSA) is 48.9 Å². The van der Waals surface area contributed by atoms with Gasteiger partial charge in [-0.15, -0.1) is 0 Å². The van der Waals surface area contributed by atoms with Crippen molar-refractivity contribution in [3.8, 4) is 11.3 Å². The van der Waals surface area contributed by atoms with E-state index in [0.29, 0.717) is 0 Å². The Morgan fingerprint density at radius 3 is 2.61 bits per heavy atom. The van der Waals surface area contributed by atoms with Crippen LogP contribution in [0.15, 0.2) is 30.5 Å². The first kappa shape index (κ1) is 12.8. The van der Waals surface area contributed by atoms with Gasteiger partial charge in [-0.2, -0.15) is 0 Å². The van der Waals surface area contributed by atoms with Crippen LogP contribution in [-0.2, 0) is 12.8 Å². The van der Waals surface area contributed by atoms with Gasteiger partial charge in [0.15, 0.2) is 0 Å². The summed E-state index contributed by atoms with van der Waals surface area (Å²) in [4.78, 5) is 7.62. The lowest BCUT2D eigenvalue weighted by molar-refractivity contribution is 0.287. The highest BCUT2D eigenvalue weighted by atomic mass is 16.2. The fourth-order valence-electron chi connectivity index (χ4n) is 2.02. The van der Waals surface area contributed by atoms with Crippen molar-refractivity contribution >= 4 is 0 Å². The van der Waals surface area contributed by atoms with Gasteiger partial charge in [-0.1, -0.05) is 37.6 Å². The molecule has 18 heavy (non-hydrogen) atoms. The molecule has 0 unspecified atom stereocenters. The number of aryl methyl sites for hydroxylation is 2. The summed E-state index contributed by atoms with van der Waals surface area (Å²) in [5.41, 5.74) is 3.59. The monoisotopic (exact) mass is 244 g/mol. The minimum absolute atomic E-state index is 0.210. The van der Waals surface area contributed by atoms with E-state index in [2.05, 4.69) is 41.2 Å². The summed E-state index contributed by atoms with van der Waals surface area (Å²) in [5.74, 6) is 0.941. The van der Waals surface area contributed by atoms with Crippen molar-refractivity contribution in [2.75, 3.05) is 6.61 Å². The predicted octanol–water partition coefficient (Wildman–Crippen LogP) is 2.95. The molecule has 0 atom stereocenters. The molecule has 1 aromatic carbocycles. The maximum Gasteiger partial charge on any atom is 0.106 e. The average molecular weight is 244 g/mol. The Bertz CT molecular complexity index is 473. The number of H-pyrrole nitrogens is 1. The minimum Gasteiger partial charge on any atom is -0.396 e. The van der Waals surface area contributed by atoms with Crippen LogP contribution in [0.25, 0.3) is 11.3 Å². The lowest BCUT2D eigenvalue weighted by Crippen LogP contribution is -1.91. The van der Waals surface area contributed by atoms with Crippen LogP contribution in [-0.4, -0.2) is 21.7 Å². The zero-order valence-corrected chi connectivity index (χ0v) is 10.8. The van der Waals surface area contributed by atoms with Crippen LogP contribution in [0, 0.1) is 0 Å². The third-order valence-electron chi connectivity index (χ3n) is 3.00. The number of nitrogens with one attached hydrogen (secondary N) is 1. The second kappa shape index (κ2) is 6.36.